The smallest absolute Gasteiger partial charge is 0.376 e. The second-order valence-electron chi connectivity index (χ2n) is 3.42. The Hall–Kier alpha value is -2.30. The summed E-state index contributed by atoms with van der Waals surface area (Å²) in [6, 6.07) is 9.44. The number of nitrogens with zero attached hydrogens (tertiary/aromatic N) is 3. The van der Waals surface area contributed by atoms with Gasteiger partial charge in [0.25, 0.3) is 0 Å². The van der Waals surface area contributed by atoms with Gasteiger partial charge in [-0.05, 0) is 12.5 Å². The van der Waals surface area contributed by atoms with Gasteiger partial charge in [0.05, 0.1) is 0 Å². The summed E-state index contributed by atoms with van der Waals surface area (Å²) in [7, 11) is 0. The molecule has 86 valence electrons. The van der Waals surface area contributed by atoms with E-state index in [1.54, 1.807) is 6.92 Å². The summed E-state index contributed by atoms with van der Waals surface area (Å²) in [5.74, 6) is -0.0144. The summed E-state index contributed by atoms with van der Waals surface area (Å²) in [6.45, 7) is 1.90. The first kappa shape index (κ1) is 11.2. The minimum Gasteiger partial charge on any atom is -0.455 e. The van der Waals surface area contributed by atoms with Crippen LogP contribution in [0, 0.1) is 6.92 Å². The van der Waals surface area contributed by atoms with Crippen LogP contribution in [0.3, 0.4) is 0 Å². The van der Waals surface area contributed by atoms with Gasteiger partial charge in [0.15, 0.2) is 0 Å². The molecule has 0 fully saturated rings. The van der Waals surface area contributed by atoms with Crippen molar-refractivity contribution in [3.63, 3.8) is 0 Å². The summed E-state index contributed by atoms with van der Waals surface area (Å²) >= 11 is 0. The molecule has 5 heteroatoms. The fourth-order valence-corrected chi connectivity index (χ4v) is 1.26. The lowest BCUT2D eigenvalue weighted by molar-refractivity contribution is 0.0457. The zero-order valence-electron chi connectivity index (χ0n) is 9.33. The Bertz CT molecular complexity index is 514. The van der Waals surface area contributed by atoms with Crippen LogP contribution in [0.1, 0.15) is 22.0 Å². The molecule has 0 saturated heterocycles. The number of aromatic nitrogens is 3. The van der Waals surface area contributed by atoms with Crippen molar-refractivity contribution >= 4 is 5.97 Å². The summed E-state index contributed by atoms with van der Waals surface area (Å²) in [6.07, 6.45) is 1.29. The minimum absolute atomic E-state index is 0.0356. The van der Waals surface area contributed by atoms with Crippen molar-refractivity contribution in [3.05, 3.63) is 53.9 Å². The molecule has 0 N–H and O–H groups in total. The van der Waals surface area contributed by atoms with E-state index in [1.165, 1.54) is 6.33 Å². The lowest BCUT2D eigenvalue weighted by Crippen LogP contribution is -2.11. The SMILES string of the molecule is Cc1ncnc(C(=O)OCc2ccccc2)n1. The van der Waals surface area contributed by atoms with Gasteiger partial charge >= 0.3 is 5.97 Å². The van der Waals surface area contributed by atoms with Crippen molar-refractivity contribution in [3.8, 4) is 0 Å². The molecule has 1 aromatic carbocycles. The second kappa shape index (κ2) is 5.16. The molecular formula is C12H11N3O2. The maximum atomic E-state index is 11.6. The predicted octanol–water partition coefficient (Wildman–Crippen LogP) is 1.54. The normalized spacial score (nSPS) is 9.94. The van der Waals surface area contributed by atoms with Crippen LogP contribution >= 0.6 is 0 Å². The van der Waals surface area contributed by atoms with Crippen LogP contribution in [-0.4, -0.2) is 20.9 Å². The quantitative estimate of drug-likeness (QED) is 0.747. The van der Waals surface area contributed by atoms with Gasteiger partial charge in [-0.2, -0.15) is 0 Å². The average molecular weight is 229 g/mol. The predicted molar refractivity (Wildman–Crippen MR) is 60.1 cm³/mol. The maximum Gasteiger partial charge on any atom is 0.376 e. The molecule has 1 heterocycles. The fourth-order valence-electron chi connectivity index (χ4n) is 1.26. The van der Waals surface area contributed by atoms with Crippen LogP contribution in [-0.2, 0) is 11.3 Å². The molecule has 0 aliphatic rings. The molecule has 0 unspecified atom stereocenters. The summed E-state index contributed by atoms with van der Waals surface area (Å²) in [5, 5.41) is 0. The topological polar surface area (TPSA) is 65.0 Å². The molecule has 2 rings (SSSR count). The van der Waals surface area contributed by atoms with Crippen molar-refractivity contribution in [1.29, 1.82) is 0 Å². The Morgan fingerprint density at radius 3 is 2.71 bits per heavy atom. The van der Waals surface area contributed by atoms with Crippen molar-refractivity contribution < 1.29 is 9.53 Å². The monoisotopic (exact) mass is 229 g/mol. The van der Waals surface area contributed by atoms with Gasteiger partial charge < -0.3 is 4.74 Å². The zero-order chi connectivity index (χ0) is 12.1. The van der Waals surface area contributed by atoms with E-state index in [0.29, 0.717) is 5.82 Å². The van der Waals surface area contributed by atoms with Crippen LogP contribution in [0.2, 0.25) is 0 Å². The number of hydrogen-bond acceptors (Lipinski definition) is 5. The fraction of sp³-hybridized carbons (Fsp3) is 0.167. The van der Waals surface area contributed by atoms with Crippen molar-refractivity contribution in [2.24, 2.45) is 0 Å². The van der Waals surface area contributed by atoms with E-state index in [0.717, 1.165) is 5.56 Å². The first-order valence-electron chi connectivity index (χ1n) is 5.12. The second-order valence-corrected chi connectivity index (χ2v) is 3.42. The lowest BCUT2D eigenvalue weighted by Gasteiger charge is -2.03. The number of ether oxygens (including phenoxy) is 1. The largest absolute Gasteiger partial charge is 0.455 e. The third-order valence-corrected chi connectivity index (χ3v) is 2.09. The molecule has 0 bridgehead atoms. The molecule has 0 saturated carbocycles. The number of aryl methyl sites for hydroxylation is 1. The molecule has 0 aliphatic heterocycles. The Morgan fingerprint density at radius 2 is 2.00 bits per heavy atom. The van der Waals surface area contributed by atoms with Crippen LogP contribution < -0.4 is 0 Å². The van der Waals surface area contributed by atoms with Crippen LogP contribution in [0.25, 0.3) is 0 Å². The summed E-state index contributed by atoms with van der Waals surface area (Å²) in [4.78, 5) is 23.0. The van der Waals surface area contributed by atoms with Gasteiger partial charge in [-0.1, -0.05) is 30.3 Å². The van der Waals surface area contributed by atoms with Crippen molar-refractivity contribution in [1.82, 2.24) is 15.0 Å². The van der Waals surface area contributed by atoms with Crippen LogP contribution in [0.15, 0.2) is 36.7 Å². The number of carbonyl (C=O) groups excluding carboxylic acids is 1. The molecule has 0 radical (unpaired) electrons. The molecular weight excluding hydrogens is 218 g/mol. The highest BCUT2D eigenvalue weighted by molar-refractivity contribution is 5.84. The lowest BCUT2D eigenvalue weighted by atomic mass is 10.2. The van der Waals surface area contributed by atoms with Crippen molar-refractivity contribution in [2.75, 3.05) is 0 Å². The number of rotatable bonds is 3. The highest BCUT2D eigenvalue weighted by Gasteiger charge is 2.10. The molecule has 2 aromatic rings. The number of carbonyl (C=O) groups is 1. The maximum absolute atomic E-state index is 11.6. The molecule has 0 atom stereocenters. The first-order chi connectivity index (χ1) is 8.25. The van der Waals surface area contributed by atoms with E-state index >= 15 is 0 Å². The Balaban J connectivity index is 1.98. The first-order valence-corrected chi connectivity index (χ1v) is 5.12. The molecule has 5 nitrogen and oxygen atoms in total. The van der Waals surface area contributed by atoms with Crippen LogP contribution in [0.5, 0.6) is 0 Å². The van der Waals surface area contributed by atoms with E-state index in [2.05, 4.69) is 15.0 Å². The molecule has 17 heavy (non-hydrogen) atoms. The minimum atomic E-state index is -0.542. The highest BCUT2D eigenvalue weighted by atomic mass is 16.5. The third kappa shape index (κ3) is 3.07. The third-order valence-electron chi connectivity index (χ3n) is 2.09. The van der Waals surface area contributed by atoms with E-state index in [-0.39, 0.29) is 12.4 Å². The Labute approximate surface area is 98.5 Å². The summed E-state index contributed by atoms with van der Waals surface area (Å²) < 4.78 is 5.08. The zero-order valence-corrected chi connectivity index (χ0v) is 9.33. The van der Waals surface area contributed by atoms with Gasteiger partial charge in [-0.15, -0.1) is 0 Å². The van der Waals surface area contributed by atoms with Gasteiger partial charge in [0.2, 0.25) is 5.82 Å². The summed E-state index contributed by atoms with van der Waals surface area (Å²) in [5.41, 5.74) is 0.923. The van der Waals surface area contributed by atoms with E-state index in [4.69, 9.17) is 4.74 Å². The van der Waals surface area contributed by atoms with E-state index < -0.39 is 5.97 Å². The Morgan fingerprint density at radius 1 is 1.24 bits per heavy atom. The number of benzene rings is 1. The Kier molecular flexibility index (Phi) is 3.40. The number of esters is 1. The van der Waals surface area contributed by atoms with E-state index in [9.17, 15) is 4.79 Å². The molecule has 0 aliphatic carbocycles. The molecule has 0 amide bonds. The molecule has 0 spiro atoms. The van der Waals surface area contributed by atoms with Gasteiger partial charge in [0.1, 0.15) is 18.8 Å². The van der Waals surface area contributed by atoms with Crippen LogP contribution in [0.4, 0.5) is 0 Å². The van der Waals surface area contributed by atoms with Gasteiger partial charge in [-0.25, -0.2) is 19.7 Å². The molecule has 1 aromatic heterocycles. The van der Waals surface area contributed by atoms with Gasteiger partial charge in [0, 0.05) is 0 Å². The standard InChI is InChI=1S/C12H11N3O2/c1-9-13-8-14-11(15-9)12(16)17-7-10-5-3-2-4-6-10/h2-6,8H,7H2,1H3. The average Bonchev–Trinajstić information content (AvgIpc) is 2.37. The van der Waals surface area contributed by atoms with Gasteiger partial charge in [-0.3, -0.25) is 0 Å². The number of hydrogen-bond donors (Lipinski definition) is 0. The highest BCUT2D eigenvalue weighted by Crippen LogP contribution is 2.02. The van der Waals surface area contributed by atoms with Crippen molar-refractivity contribution in [2.45, 2.75) is 13.5 Å². The van der Waals surface area contributed by atoms with E-state index in [1.807, 2.05) is 30.3 Å².